The number of hydrogen-bond acceptors (Lipinski definition) is 4. The highest BCUT2D eigenvalue weighted by Crippen LogP contribution is 1.99. The predicted octanol–water partition coefficient (Wildman–Crippen LogP) is -1.75. The molecule has 54 valence electrons. The van der Waals surface area contributed by atoms with Crippen molar-refractivity contribution in [1.82, 2.24) is 5.32 Å². The van der Waals surface area contributed by atoms with E-state index in [1.54, 1.807) is 0 Å². The molecule has 9 heavy (non-hydrogen) atoms. The van der Waals surface area contributed by atoms with Crippen LogP contribution in [0.2, 0.25) is 0 Å². The van der Waals surface area contributed by atoms with E-state index in [2.05, 4.69) is 5.32 Å². The van der Waals surface area contributed by atoms with Crippen molar-refractivity contribution in [2.75, 3.05) is 19.7 Å². The van der Waals surface area contributed by atoms with E-state index in [9.17, 15) is 0 Å². The van der Waals surface area contributed by atoms with Crippen molar-refractivity contribution in [1.29, 1.82) is 0 Å². The Hall–Kier alpha value is -0.160. The molecule has 1 rings (SSSR count). The molecule has 0 aromatic heterocycles. The van der Waals surface area contributed by atoms with E-state index in [1.807, 2.05) is 0 Å². The number of aliphatic hydroxyl groups excluding tert-OH is 1. The summed E-state index contributed by atoms with van der Waals surface area (Å²) in [4.78, 5) is 0. The minimum absolute atomic E-state index is 0.241. The second-order valence-electron chi connectivity index (χ2n) is 2.05. The van der Waals surface area contributed by atoms with Gasteiger partial charge in [-0.2, -0.15) is 0 Å². The van der Waals surface area contributed by atoms with E-state index >= 15 is 0 Å². The summed E-state index contributed by atoms with van der Waals surface area (Å²) >= 11 is 0. The number of hydrogen-bond donors (Lipinski definition) is 3. The lowest BCUT2D eigenvalue weighted by molar-refractivity contribution is -0.00598. The summed E-state index contributed by atoms with van der Waals surface area (Å²) in [5.74, 6) is 0. The molecule has 4 heteroatoms. The maximum Gasteiger partial charge on any atom is 0.135 e. The summed E-state index contributed by atoms with van der Waals surface area (Å²) in [7, 11) is 0. The molecule has 1 saturated heterocycles. The van der Waals surface area contributed by atoms with Crippen LogP contribution in [0.5, 0.6) is 0 Å². The van der Waals surface area contributed by atoms with Gasteiger partial charge in [0, 0.05) is 13.1 Å². The summed E-state index contributed by atoms with van der Waals surface area (Å²) in [5.41, 5.74) is 5.18. The highest BCUT2D eigenvalue weighted by Gasteiger charge is 2.21. The molecule has 1 heterocycles. The van der Waals surface area contributed by atoms with Crippen LogP contribution in [0.15, 0.2) is 0 Å². The SMILES string of the molecule is NCC(O)C1NCCO1. The lowest BCUT2D eigenvalue weighted by Gasteiger charge is -2.14. The first-order valence-electron chi connectivity index (χ1n) is 3.07. The van der Waals surface area contributed by atoms with E-state index < -0.39 is 6.10 Å². The fraction of sp³-hybridized carbons (Fsp3) is 1.00. The summed E-state index contributed by atoms with van der Waals surface area (Å²) in [6, 6.07) is 0. The quantitative estimate of drug-likeness (QED) is 0.417. The molecular weight excluding hydrogens is 120 g/mol. The molecule has 0 bridgehead atoms. The molecular formula is C5H12N2O2. The van der Waals surface area contributed by atoms with Crippen LogP contribution in [0, 0.1) is 0 Å². The van der Waals surface area contributed by atoms with Crippen LogP contribution < -0.4 is 11.1 Å². The zero-order valence-electron chi connectivity index (χ0n) is 5.21. The Balaban J connectivity index is 2.24. The van der Waals surface area contributed by atoms with Gasteiger partial charge in [0.15, 0.2) is 0 Å². The van der Waals surface area contributed by atoms with Gasteiger partial charge in [-0.25, -0.2) is 0 Å². The van der Waals surface area contributed by atoms with Gasteiger partial charge in [-0.05, 0) is 0 Å². The van der Waals surface area contributed by atoms with Crippen LogP contribution in [0.1, 0.15) is 0 Å². The molecule has 0 spiro atoms. The van der Waals surface area contributed by atoms with Crippen LogP contribution in [-0.2, 0) is 4.74 Å². The van der Waals surface area contributed by atoms with E-state index in [4.69, 9.17) is 15.6 Å². The van der Waals surface area contributed by atoms with Gasteiger partial charge in [-0.3, -0.25) is 5.32 Å². The van der Waals surface area contributed by atoms with Crippen molar-refractivity contribution in [2.45, 2.75) is 12.3 Å². The molecule has 1 aliphatic rings. The minimum atomic E-state index is -0.563. The van der Waals surface area contributed by atoms with Gasteiger partial charge >= 0.3 is 0 Å². The second kappa shape index (κ2) is 3.12. The van der Waals surface area contributed by atoms with Crippen molar-refractivity contribution < 1.29 is 9.84 Å². The molecule has 0 aromatic carbocycles. The van der Waals surface area contributed by atoms with E-state index in [-0.39, 0.29) is 12.8 Å². The third-order valence-electron chi connectivity index (χ3n) is 1.34. The molecule has 0 saturated carbocycles. The smallest absolute Gasteiger partial charge is 0.135 e. The average Bonchev–Trinajstić information content (AvgIpc) is 2.37. The predicted molar refractivity (Wildman–Crippen MR) is 32.8 cm³/mol. The third-order valence-corrected chi connectivity index (χ3v) is 1.34. The van der Waals surface area contributed by atoms with E-state index in [0.29, 0.717) is 6.61 Å². The highest BCUT2D eigenvalue weighted by atomic mass is 16.5. The Morgan fingerprint density at radius 2 is 2.67 bits per heavy atom. The third kappa shape index (κ3) is 1.62. The topological polar surface area (TPSA) is 67.5 Å². The monoisotopic (exact) mass is 132 g/mol. The number of nitrogens with one attached hydrogen (secondary N) is 1. The fourth-order valence-electron chi connectivity index (χ4n) is 0.817. The first-order chi connectivity index (χ1) is 4.34. The van der Waals surface area contributed by atoms with Crippen molar-refractivity contribution in [3.63, 3.8) is 0 Å². The van der Waals surface area contributed by atoms with Crippen LogP contribution in [0.3, 0.4) is 0 Å². The maximum atomic E-state index is 9.05. The average molecular weight is 132 g/mol. The first kappa shape index (κ1) is 6.95. The van der Waals surface area contributed by atoms with Crippen LogP contribution >= 0.6 is 0 Å². The maximum absolute atomic E-state index is 9.05. The van der Waals surface area contributed by atoms with Gasteiger partial charge in [0.2, 0.25) is 0 Å². The molecule has 1 aliphatic heterocycles. The Morgan fingerprint density at radius 1 is 1.89 bits per heavy atom. The van der Waals surface area contributed by atoms with Gasteiger partial charge < -0.3 is 15.6 Å². The molecule has 1 fully saturated rings. The molecule has 0 amide bonds. The zero-order valence-corrected chi connectivity index (χ0v) is 5.21. The molecule has 0 aromatic rings. The van der Waals surface area contributed by atoms with Gasteiger partial charge in [0.1, 0.15) is 12.3 Å². The van der Waals surface area contributed by atoms with Crippen LogP contribution in [0.4, 0.5) is 0 Å². The second-order valence-corrected chi connectivity index (χ2v) is 2.05. The Labute approximate surface area is 54.0 Å². The lowest BCUT2D eigenvalue weighted by Crippen LogP contribution is -2.40. The molecule has 0 radical (unpaired) electrons. The standard InChI is InChI=1S/C5H12N2O2/c6-3-4(8)5-7-1-2-9-5/h4-5,7-8H,1-3,6H2. The number of ether oxygens (including phenoxy) is 1. The molecule has 4 N–H and O–H groups in total. The minimum Gasteiger partial charge on any atom is -0.388 e. The Kier molecular flexibility index (Phi) is 2.41. The Bertz CT molecular complexity index is 83.0. The van der Waals surface area contributed by atoms with Crippen molar-refractivity contribution in [2.24, 2.45) is 5.73 Å². The lowest BCUT2D eigenvalue weighted by atomic mass is 10.3. The largest absolute Gasteiger partial charge is 0.388 e. The Morgan fingerprint density at radius 3 is 3.11 bits per heavy atom. The van der Waals surface area contributed by atoms with Crippen molar-refractivity contribution in [3.05, 3.63) is 0 Å². The summed E-state index contributed by atoms with van der Waals surface area (Å²) in [6.07, 6.45) is -0.803. The molecule has 0 aliphatic carbocycles. The zero-order chi connectivity index (χ0) is 6.69. The van der Waals surface area contributed by atoms with Crippen molar-refractivity contribution in [3.8, 4) is 0 Å². The molecule has 2 unspecified atom stereocenters. The van der Waals surface area contributed by atoms with Crippen molar-refractivity contribution >= 4 is 0 Å². The van der Waals surface area contributed by atoms with Crippen LogP contribution in [-0.4, -0.2) is 37.1 Å². The number of aliphatic hydroxyl groups is 1. The summed E-state index contributed by atoms with van der Waals surface area (Å²) in [5, 5.41) is 12.0. The van der Waals surface area contributed by atoms with Gasteiger partial charge in [0.05, 0.1) is 6.61 Å². The molecule has 4 nitrogen and oxygen atoms in total. The number of nitrogens with two attached hydrogens (primary N) is 1. The van der Waals surface area contributed by atoms with Gasteiger partial charge in [-0.1, -0.05) is 0 Å². The molecule has 2 atom stereocenters. The van der Waals surface area contributed by atoms with Gasteiger partial charge in [0.25, 0.3) is 0 Å². The van der Waals surface area contributed by atoms with E-state index in [1.165, 1.54) is 0 Å². The number of rotatable bonds is 2. The van der Waals surface area contributed by atoms with Gasteiger partial charge in [-0.15, -0.1) is 0 Å². The van der Waals surface area contributed by atoms with Crippen LogP contribution in [0.25, 0.3) is 0 Å². The summed E-state index contributed by atoms with van der Waals surface area (Å²) in [6.45, 7) is 1.72. The highest BCUT2D eigenvalue weighted by molar-refractivity contribution is 4.71. The normalized spacial score (nSPS) is 30.7. The van der Waals surface area contributed by atoms with E-state index in [0.717, 1.165) is 6.54 Å². The summed E-state index contributed by atoms with van der Waals surface area (Å²) < 4.78 is 5.06. The fourth-order valence-corrected chi connectivity index (χ4v) is 0.817. The first-order valence-corrected chi connectivity index (χ1v) is 3.07.